The Hall–Kier alpha value is -1.53. The van der Waals surface area contributed by atoms with Crippen LogP contribution in [0, 0.1) is 5.92 Å². The summed E-state index contributed by atoms with van der Waals surface area (Å²) in [6.07, 6.45) is 5.30. The van der Waals surface area contributed by atoms with Crippen LogP contribution in [-0.2, 0) is 11.3 Å². The molecule has 1 aliphatic heterocycles. The summed E-state index contributed by atoms with van der Waals surface area (Å²) in [5, 5.41) is 6.71. The van der Waals surface area contributed by atoms with Gasteiger partial charge in [-0.25, -0.2) is 0 Å². The summed E-state index contributed by atoms with van der Waals surface area (Å²) in [4.78, 5) is 6.80. The standard InChI is InChI=1S/C18H32N4O2/c1-16-6-3-10-22(14-16)11-9-21-18(19-2)20-8-5-12-23-15-17-7-4-13-24-17/h4,7,13,16H,3,5-6,8-12,14-15H2,1-2H3,(H2,19,20,21). The van der Waals surface area contributed by atoms with E-state index in [4.69, 9.17) is 9.15 Å². The highest BCUT2D eigenvalue weighted by atomic mass is 16.5. The molecule has 136 valence electrons. The molecule has 1 aliphatic rings. The molecule has 0 aliphatic carbocycles. The summed E-state index contributed by atoms with van der Waals surface area (Å²) in [5.74, 6) is 2.57. The molecule has 1 saturated heterocycles. The van der Waals surface area contributed by atoms with Crippen LogP contribution in [-0.4, -0.2) is 57.2 Å². The Bertz CT molecular complexity index is 462. The van der Waals surface area contributed by atoms with Crippen molar-refractivity contribution in [3.8, 4) is 0 Å². The average molecular weight is 336 g/mol. The van der Waals surface area contributed by atoms with Crippen molar-refractivity contribution in [1.82, 2.24) is 15.5 Å². The number of aliphatic imine (C=N–C) groups is 1. The fourth-order valence-electron chi connectivity index (χ4n) is 2.99. The SMILES string of the molecule is CN=C(NCCCOCc1ccco1)NCCN1CCCC(C)C1. The first-order valence-corrected chi connectivity index (χ1v) is 9.05. The normalized spacial score (nSPS) is 19.4. The molecule has 0 amide bonds. The molecule has 1 fully saturated rings. The Labute approximate surface area is 145 Å². The molecule has 2 heterocycles. The van der Waals surface area contributed by atoms with Crippen molar-refractivity contribution < 1.29 is 9.15 Å². The minimum atomic E-state index is 0.536. The van der Waals surface area contributed by atoms with E-state index in [1.165, 1.54) is 25.9 Å². The van der Waals surface area contributed by atoms with Crippen LogP contribution < -0.4 is 10.6 Å². The molecule has 2 rings (SSSR count). The van der Waals surface area contributed by atoms with Gasteiger partial charge in [-0.15, -0.1) is 0 Å². The summed E-state index contributed by atoms with van der Waals surface area (Å²) in [6.45, 7) is 8.89. The van der Waals surface area contributed by atoms with Gasteiger partial charge in [-0.2, -0.15) is 0 Å². The topological polar surface area (TPSA) is 62.0 Å². The molecule has 24 heavy (non-hydrogen) atoms. The van der Waals surface area contributed by atoms with E-state index >= 15 is 0 Å². The number of hydrogen-bond acceptors (Lipinski definition) is 4. The van der Waals surface area contributed by atoms with E-state index in [1.54, 1.807) is 6.26 Å². The molecule has 1 aromatic rings. The van der Waals surface area contributed by atoms with Gasteiger partial charge in [0.1, 0.15) is 12.4 Å². The molecule has 1 unspecified atom stereocenters. The van der Waals surface area contributed by atoms with Gasteiger partial charge in [0.05, 0.1) is 6.26 Å². The van der Waals surface area contributed by atoms with Crippen LogP contribution in [0.5, 0.6) is 0 Å². The average Bonchev–Trinajstić information content (AvgIpc) is 3.09. The van der Waals surface area contributed by atoms with Crippen molar-refractivity contribution in [2.75, 3.05) is 46.4 Å². The van der Waals surface area contributed by atoms with Gasteiger partial charge in [0.2, 0.25) is 0 Å². The highest BCUT2D eigenvalue weighted by Crippen LogP contribution is 2.14. The lowest BCUT2D eigenvalue weighted by Gasteiger charge is -2.30. The van der Waals surface area contributed by atoms with Gasteiger partial charge in [0.25, 0.3) is 0 Å². The van der Waals surface area contributed by atoms with Crippen LogP contribution in [0.1, 0.15) is 31.9 Å². The van der Waals surface area contributed by atoms with Crippen molar-refractivity contribution in [3.63, 3.8) is 0 Å². The highest BCUT2D eigenvalue weighted by molar-refractivity contribution is 5.79. The number of ether oxygens (including phenoxy) is 1. The van der Waals surface area contributed by atoms with Crippen molar-refractivity contribution in [2.45, 2.75) is 32.8 Å². The zero-order valence-electron chi connectivity index (χ0n) is 15.1. The maximum absolute atomic E-state index is 5.56. The van der Waals surface area contributed by atoms with Gasteiger partial charge in [-0.3, -0.25) is 4.99 Å². The van der Waals surface area contributed by atoms with Crippen LogP contribution in [0.3, 0.4) is 0 Å². The Balaban J connectivity index is 1.47. The number of nitrogens with zero attached hydrogens (tertiary/aromatic N) is 2. The molecule has 0 bridgehead atoms. The van der Waals surface area contributed by atoms with Gasteiger partial charge in [0.15, 0.2) is 5.96 Å². The highest BCUT2D eigenvalue weighted by Gasteiger charge is 2.15. The molecule has 0 saturated carbocycles. The molecule has 6 nitrogen and oxygen atoms in total. The first-order chi connectivity index (χ1) is 11.8. The number of piperidine rings is 1. The smallest absolute Gasteiger partial charge is 0.191 e. The number of nitrogens with one attached hydrogen (secondary N) is 2. The Morgan fingerprint density at radius 3 is 3.04 bits per heavy atom. The first-order valence-electron chi connectivity index (χ1n) is 9.05. The Morgan fingerprint density at radius 2 is 2.29 bits per heavy atom. The summed E-state index contributed by atoms with van der Waals surface area (Å²) in [7, 11) is 1.81. The van der Waals surface area contributed by atoms with Crippen molar-refractivity contribution in [3.05, 3.63) is 24.2 Å². The third-order valence-corrected chi connectivity index (χ3v) is 4.27. The van der Waals surface area contributed by atoms with Gasteiger partial charge in [-0.1, -0.05) is 6.92 Å². The number of furan rings is 1. The van der Waals surface area contributed by atoms with Crippen LogP contribution in [0.2, 0.25) is 0 Å². The molecule has 2 N–H and O–H groups in total. The molecule has 6 heteroatoms. The maximum atomic E-state index is 5.56. The molecular weight excluding hydrogens is 304 g/mol. The number of likely N-dealkylation sites (tertiary alicyclic amines) is 1. The van der Waals surface area contributed by atoms with E-state index in [9.17, 15) is 0 Å². The van der Waals surface area contributed by atoms with Crippen LogP contribution in [0.25, 0.3) is 0 Å². The number of hydrogen-bond donors (Lipinski definition) is 2. The van der Waals surface area contributed by atoms with Crippen LogP contribution >= 0.6 is 0 Å². The second-order valence-corrected chi connectivity index (χ2v) is 6.46. The van der Waals surface area contributed by atoms with E-state index in [1.807, 2.05) is 19.2 Å². The summed E-state index contributed by atoms with van der Waals surface area (Å²) < 4.78 is 10.8. The fourth-order valence-corrected chi connectivity index (χ4v) is 2.99. The lowest BCUT2D eigenvalue weighted by atomic mass is 10.0. The quantitative estimate of drug-likeness (QED) is 0.411. The van der Waals surface area contributed by atoms with E-state index in [2.05, 4.69) is 27.4 Å². The Morgan fingerprint density at radius 1 is 1.42 bits per heavy atom. The zero-order valence-corrected chi connectivity index (χ0v) is 15.1. The van der Waals surface area contributed by atoms with Crippen molar-refractivity contribution in [1.29, 1.82) is 0 Å². The van der Waals surface area contributed by atoms with Gasteiger partial charge < -0.3 is 24.7 Å². The third-order valence-electron chi connectivity index (χ3n) is 4.27. The Kier molecular flexibility index (Phi) is 8.70. The van der Waals surface area contributed by atoms with Crippen LogP contribution in [0.15, 0.2) is 27.8 Å². The largest absolute Gasteiger partial charge is 0.467 e. The molecule has 1 atom stereocenters. The second-order valence-electron chi connectivity index (χ2n) is 6.46. The predicted molar refractivity (Wildman–Crippen MR) is 97.2 cm³/mol. The lowest BCUT2D eigenvalue weighted by Crippen LogP contribution is -2.44. The minimum absolute atomic E-state index is 0.536. The zero-order chi connectivity index (χ0) is 17.0. The predicted octanol–water partition coefficient (Wildman–Crippen LogP) is 2.08. The summed E-state index contributed by atoms with van der Waals surface area (Å²) in [6, 6.07) is 3.80. The van der Waals surface area contributed by atoms with Crippen molar-refractivity contribution in [2.24, 2.45) is 10.9 Å². The molecular formula is C18H32N4O2. The number of guanidine groups is 1. The minimum Gasteiger partial charge on any atom is -0.467 e. The van der Waals surface area contributed by atoms with Crippen LogP contribution in [0.4, 0.5) is 0 Å². The van der Waals surface area contributed by atoms with E-state index < -0.39 is 0 Å². The molecule has 0 spiro atoms. The van der Waals surface area contributed by atoms with Crippen molar-refractivity contribution >= 4 is 5.96 Å². The van der Waals surface area contributed by atoms with Gasteiger partial charge >= 0.3 is 0 Å². The number of rotatable bonds is 9. The first kappa shape index (κ1) is 18.8. The fraction of sp³-hybridized carbons (Fsp3) is 0.722. The third kappa shape index (κ3) is 7.36. The van der Waals surface area contributed by atoms with E-state index in [-0.39, 0.29) is 0 Å². The summed E-state index contributed by atoms with van der Waals surface area (Å²) >= 11 is 0. The van der Waals surface area contributed by atoms with E-state index in [0.29, 0.717) is 13.2 Å². The molecule has 0 radical (unpaired) electrons. The van der Waals surface area contributed by atoms with E-state index in [0.717, 1.165) is 43.7 Å². The lowest BCUT2D eigenvalue weighted by molar-refractivity contribution is 0.105. The molecule has 1 aromatic heterocycles. The monoisotopic (exact) mass is 336 g/mol. The van der Waals surface area contributed by atoms with Gasteiger partial charge in [-0.05, 0) is 43.9 Å². The maximum Gasteiger partial charge on any atom is 0.191 e. The molecule has 0 aromatic carbocycles. The summed E-state index contributed by atoms with van der Waals surface area (Å²) in [5.41, 5.74) is 0. The second kappa shape index (κ2) is 11.1. The van der Waals surface area contributed by atoms with Gasteiger partial charge in [0, 0.05) is 39.8 Å².